The molecular formula is C28H37F3N10O5. The fraction of sp³-hybridized carbons (Fsp3) is 0.536. The summed E-state index contributed by atoms with van der Waals surface area (Å²) in [5.74, 6) is 0.0759. The molecule has 0 unspecified atom stereocenters. The summed E-state index contributed by atoms with van der Waals surface area (Å²) in [6, 6.07) is -0.573. The highest BCUT2D eigenvalue weighted by Gasteiger charge is 2.37. The third-order valence-electron chi connectivity index (χ3n) is 7.31. The molecule has 1 atom stereocenters. The Hall–Kier alpha value is -4.58. The molecule has 1 saturated heterocycles. The summed E-state index contributed by atoms with van der Waals surface area (Å²) in [6.07, 6.45) is 5.95. The number of anilines is 2. The van der Waals surface area contributed by atoms with Gasteiger partial charge in [0, 0.05) is 74.9 Å². The SMILES string of the molecule is C[C@@H](COCCC(=O)N1CCN(c2ncc(-c3cnn(CCCCCC(=O)NO)c3)cn2)CC1)Nc1cn[nH]c(=O)c1C(F)(F)F. The molecule has 0 radical (unpaired) electrons. The molecule has 0 aromatic carbocycles. The molecular weight excluding hydrogens is 613 g/mol. The standard InChI is InChI=1S/C28H37F3N10O5/c1-19(36-22-16-34-37-26(44)25(22)28(29,30)31)18-46-12-6-24(43)39-8-10-40(11-9-39)27-32-13-20(14-33-27)21-15-35-41(17-21)7-4-2-3-5-23(42)38-45/h13-17,19,45H,2-12,18H2,1H3,(H,38,42)(H2,36,37,44)/t19-/m0/s1. The van der Waals surface area contributed by atoms with Crippen molar-refractivity contribution in [3.05, 3.63) is 46.9 Å². The number of H-pyrrole nitrogens is 1. The fourth-order valence-corrected chi connectivity index (χ4v) is 4.89. The normalized spacial score (nSPS) is 14.3. The zero-order chi connectivity index (χ0) is 33.1. The summed E-state index contributed by atoms with van der Waals surface area (Å²) in [7, 11) is 0. The lowest BCUT2D eigenvalue weighted by atomic mass is 10.2. The molecule has 0 saturated carbocycles. The van der Waals surface area contributed by atoms with Gasteiger partial charge in [0.15, 0.2) is 0 Å². The maximum Gasteiger partial charge on any atom is 0.423 e. The highest BCUT2D eigenvalue weighted by molar-refractivity contribution is 5.76. The third-order valence-corrected chi connectivity index (χ3v) is 7.31. The number of aromatic amines is 1. The van der Waals surface area contributed by atoms with Crippen molar-refractivity contribution in [1.29, 1.82) is 0 Å². The molecule has 4 heterocycles. The van der Waals surface area contributed by atoms with Gasteiger partial charge in [-0.1, -0.05) is 6.42 Å². The van der Waals surface area contributed by atoms with Gasteiger partial charge in [-0.05, 0) is 19.8 Å². The molecule has 250 valence electrons. The number of aryl methyl sites for hydroxylation is 1. The highest BCUT2D eigenvalue weighted by Crippen LogP contribution is 2.31. The average molecular weight is 651 g/mol. The van der Waals surface area contributed by atoms with E-state index < -0.39 is 29.0 Å². The second kappa shape index (κ2) is 16.1. The minimum atomic E-state index is -4.84. The number of alkyl halides is 3. The lowest BCUT2D eigenvalue weighted by Crippen LogP contribution is -2.49. The Balaban J connectivity index is 1.15. The van der Waals surface area contributed by atoms with Crippen molar-refractivity contribution in [3.8, 4) is 11.1 Å². The summed E-state index contributed by atoms with van der Waals surface area (Å²) < 4.78 is 47.0. The number of ether oxygens (including phenoxy) is 1. The van der Waals surface area contributed by atoms with Gasteiger partial charge in [-0.2, -0.15) is 23.4 Å². The van der Waals surface area contributed by atoms with Crippen LogP contribution in [-0.4, -0.2) is 97.3 Å². The second-order valence-corrected chi connectivity index (χ2v) is 10.8. The van der Waals surface area contributed by atoms with E-state index >= 15 is 0 Å². The van der Waals surface area contributed by atoms with E-state index in [9.17, 15) is 27.6 Å². The Morgan fingerprint density at radius 3 is 2.48 bits per heavy atom. The lowest BCUT2D eigenvalue weighted by Gasteiger charge is -2.34. The fourth-order valence-electron chi connectivity index (χ4n) is 4.89. The van der Waals surface area contributed by atoms with Gasteiger partial charge in [0.05, 0.1) is 37.7 Å². The van der Waals surface area contributed by atoms with E-state index in [1.54, 1.807) is 41.0 Å². The summed E-state index contributed by atoms with van der Waals surface area (Å²) in [6.45, 7) is 4.48. The van der Waals surface area contributed by atoms with Crippen molar-refractivity contribution in [1.82, 2.24) is 40.3 Å². The number of rotatable bonds is 15. The smallest absolute Gasteiger partial charge is 0.379 e. The number of hydrogen-bond acceptors (Lipinski definition) is 11. The molecule has 0 aliphatic carbocycles. The van der Waals surface area contributed by atoms with Crippen molar-refractivity contribution >= 4 is 23.5 Å². The topological polar surface area (TPSA) is 183 Å². The van der Waals surface area contributed by atoms with Crippen LogP contribution in [0.25, 0.3) is 11.1 Å². The van der Waals surface area contributed by atoms with Gasteiger partial charge >= 0.3 is 6.18 Å². The van der Waals surface area contributed by atoms with Crippen LogP contribution in [0.4, 0.5) is 24.8 Å². The summed E-state index contributed by atoms with van der Waals surface area (Å²) >= 11 is 0. The van der Waals surface area contributed by atoms with E-state index in [-0.39, 0.29) is 37.9 Å². The van der Waals surface area contributed by atoms with E-state index in [4.69, 9.17) is 9.94 Å². The van der Waals surface area contributed by atoms with Gasteiger partial charge in [-0.3, -0.25) is 24.3 Å². The Bertz CT molecular complexity index is 1490. The average Bonchev–Trinajstić information content (AvgIpc) is 3.51. The maximum absolute atomic E-state index is 13.2. The van der Waals surface area contributed by atoms with Gasteiger partial charge < -0.3 is 19.9 Å². The first-order valence-corrected chi connectivity index (χ1v) is 14.8. The monoisotopic (exact) mass is 650 g/mol. The third kappa shape index (κ3) is 9.71. The lowest BCUT2D eigenvalue weighted by molar-refractivity contribution is -0.138. The zero-order valence-electron chi connectivity index (χ0n) is 25.3. The van der Waals surface area contributed by atoms with Crippen molar-refractivity contribution in [2.45, 2.75) is 57.8 Å². The van der Waals surface area contributed by atoms with Crippen molar-refractivity contribution < 1.29 is 32.7 Å². The number of hydroxylamine groups is 1. The molecule has 0 spiro atoms. The summed E-state index contributed by atoms with van der Waals surface area (Å²) in [5, 5.41) is 20.7. The molecule has 18 heteroatoms. The number of amides is 2. The van der Waals surface area contributed by atoms with Crippen LogP contribution in [0, 0.1) is 0 Å². The van der Waals surface area contributed by atoms with E-state index in [0.717, 1.165) is 30.2 Å². The van der Waals surface area contributed by atoms with Crippen LogP contribution in [0.15, 0.2) is 35.8 Å². The summed E-state index contributed by atoms with van der Waals surface area (Å²) in [5.41, 5.74) is 0.197. The number of nitrogens with zero attached hydrogens (tertiary/aromatic N) is 7. The van der Waals surface area contributed by atoms with Crippen LogP contribution in [-0.2, 0) is 27.0 Å². The van der Waals surface area contributed by atoms with Crippen molar-refractivity contribution in [2.75, 3.05) is 49.6 Å². The maximum atomic E-state index is 13.2. The molecule has 4 rings (SSSR count). The van der Waals surface area contributed by atoms with Crippen LogP contribution >= 0.6 is 0 Å². The number of piperazine rings is 1. The highest BCUT2D eigenvalue weighted by atomic mass is 19.4. The predicted molar refractivity (Wildman–Crippen MR) is 159 cm³/mol. The predicted octanol–water partition coefficient (Wildman–Crippen LogP) is 2.06. The summed E-state index contributed by atoms with van der Waals surface area (Å²) in [4.78, 5) is 48.1. The first-order chi connectivity index (χ1) is 22.0. The molecule has 4 N–H and O–H groups in total. The van der Waals surface area contributed by atoms with E-state index in [2.05, 4.69) is 25.5 Å². The zero-order valence-corrected chi connectivity index (χ0v) is 25.3. The van der Waals surface area contributed by atoms with Crippen LogP contribution in [0.1, 0.15) is 44.6 Å². The molecule has 1 fully saturated rings. The number of carbonyl (C=O) groups excluding carboxylic acids is 2. The van der Waals surface area contributed by atoms with Crippen LogP contribution in [0.3, 0.4) is 0 Å². The number of hydrogen-bond donors (Lipinski definition) is 4. The quantitative estimate of drug-likeness (QED) is 0.107. The largest absolute Gasteiger partial charge is 0.423 e. The number of nitrogens with one attached hydrogen (secondary N) is 3. The minimum Gasteiger partial charge on any atom is -0.379 e. The Labute approximate surface area is 262 Å². The Morgan fingerprint density at radius 1 is 1.04 bits per heavy atom. The number of unbranched alkanes of at least 4 members (excludes halogenated alkanes) is 2. The van der Waals surface area contributed by atoms with Gasteiger partial charge in [-0.25, -0.2) is 20.5 Å². The molecule has 1 aliphatic rings. The van der Waals surface area contributed by atoms with Gasteiger partial charge in [0.1, 0.15) is 5.56 Å². The van der Waals surface area contributed by atoms with Crippen LogP contribution in [0.5, 0.6) is 0 Å². The van der Waals surface area contributed by atoms with E-state index in [1.165, 1.54) is 0 Å². The molecule has 3 aromatic heterocycles. The molecule has 2 amide bonds. The van der Waals surface area contributed by atoms with E-state index in [0.29, 0.717) is 45.1 Å². The molecule has 46 heavy (non-hydrogen) atoms. The number of halogens is 3. The van der Waals surface area contributed by atoms with Gasteiger partial charge in [0.25, 0.3) is 5.56 Å². The first-order valence-electron chi connectivity index (χ1n) is 14.8. The minimum absolute atomic E-state index is 0.0205. The Kier molecular flexibility index (Phi) is 12.0. The Morgan fingerprint density at radius 2 is 1.78 bits per heavy atom. The van der Waals surface area contributed by atoms with Gasteiger partial charge in [-0.15, -0.1) is 0 Å². The molecule has 3 aromatic rings. The second-order valence-electron chi connectivity index (χ2n) is 10.8. The number of aromatic nitrogens is 6. The van der Waals surface area contributed by atoms with Crippen LogP contribution in [0.2, 0.25) is 0 Å². The van der Waals surface area contributed by atoms with E-state index in [1.807, 2.05) is 15.8 Å². The first kappa shape index (κ1) is 34.3. The molecule has 1 aliphatic heterocycles. The van der Waals surface area contributed by atoms with Gasteiger partial charge in [0.2, 0.25) is 17.8 Å². The number of carbonyl (C=O) groups is 2. The molecule has 15 nitrogen and oxygen atoms in total. The molecule has 0 bridgehead atoms. The van der Waals surface area contributed by atoms with Crippen molar-refractivity contribution in [3.63, 3.8) is 0 Å². The van der Waals surface area contributed by atoms with Crippen LogP contribution < -0.4 is 21.3 Å². The van der Waals surface area contributed by atoms with Crippen molar-refractivity contribution in [2.24, 2.45) is 0 Å².